The lowest BCUT2D eigenvalue weighted by molar-refractivity contribution is -0.140. The summed E-state index contributed by atoms with van der Waals surface area (Å²) in [6.45, 7) is 25.0. The molecule has 0 unspecified atom stereocenters. The van der Waals surface area contributed by atoms with Crippen molar-refractivity contribution >= 4 is 59.1 Å². The van der Waals surface area contributed by atoms with E-state index in [1.807, 2.05) is 97.8 Å². The minimum atomic E-state index is -1.66. The number of hydrogen-bond donors (Lipinski definition) is 9. The fourth-order valence-corrected chi connectivity index (χ4v) is 10.0. The molecule has 1 aromatic heterocycles. The number of amides is 10. The van der Waals surface area contributed by atoms with Crippen LogP contribution in [0, 0.1) is 23.7 Å². The first-order chi connectivity index (χ1) is 40.2. The Labute approximate surface area is 510 Å². The van der Waals surface area contributed by atoms with Crippen LogP contribution < -0.4 is 47.9 Å². The number of carbonyl (C=O) groups excluding carboxylic acids is 10. The standard InChI is InChI=1S/C63H104N12O11/c1-17-18-19-20-21-25-29-44(52(78)70-49-30-26-33-75(49)57(82)48-38-86-56(68-48)43-27-23-22-24-28-43)51(77)66-46(35-40(4)5)54(80)71-62(11,12)59(84)69-45(34-39(2)3)53(79)67-47(36-41(6)7)55(81)72-63(13,14)60(85)73-61(9,10)58(83)64-32-31-50(76)65-42(8)37-74(15)16/h22-24,27-28,38-42,44-47,49H,17-21,25-26,29-37H2,1-16H3,(H,64,83)(H,65,76)(H,66,77)(H,67,79)(H,69,84)(H,70,78)(H,71,80)(H,72,81)(H,73,85)/t42-,44-,45-,46-,47-,49-/m0/s1. The number of hydrogen-bond acceptors (Lipinski definition) is 13. The van der Waals surface area contributed by atoms with E-state index in [4.69, 9.17) is 4.42 Å². The van der Waals surface area contributed by atoms with Crippen LogP contribution in [0.1, 0.15) is 191 Å². The summed E-state index contributed by atoms with van der Waals surface area (Å²) < 4.78 is 5.64. The van der Waals surface area contributed by atoms with Crippen LogP contribution in [0.2, 0.25) is 0 Å². The molecule has 1 fully saturated rings. The Balaban J connectivity index is 1.75. The van der Waals surface area contributed by atoms with E-state index in [0.29, 0.717) is 37.9 Å². The maximum absolute atomic E-state index is 14.4. The van der Waals surface area contributed by atoms with Crippen LogP contribution in [0.15, 0.2) is 41.0 Å². The van der Waals surface area contributed by atoms with E-state index in [-0.39, 0.29) is 79.9 Å². The van der Waals surface area contributed by atoms with Crippen molar-refractivity contribution in [2.75, 3.05) is 33.7 Å². The SMILES string of the molecule is CCCCCCCC[C@@H](C(=O)N[C@@H](CC(C)C)C(=O)NC(C)(C)C(=O)N[C@@H](CC(C)C)C(=O)N[C@@H](CC(C)C)C(=O)NC(C)(C)C(=O)NC(C)(C)C(=O)NCCC(=O)N[C@@H](C)CN(C)C)C(=O)N[C@@H]1CCCN1C(=O)c1coc(-c2ccccc2)n1. The van der Waals surface area contributed by atoms with E-state index in [9.17, 15) is 47.9 Å². The second kappa shape index (κ2) is 34.4. The highest BCUT2D eigenvalue weighted by Crippen LogP contribution is 2.24. The first-order valence-corrected chi connectivity index (χ1v) is 30.9. The van der Waals surface area contributed by atoms with Crippen LogP contribution >= 0.6 is 0 Å². The topological polar surface area (TPSA) is 311 Å². The Morgan fingerprint density at radius 3 is 1.71 bits per heavy atom. The maximum Gasteiger partial charge on any atom is 0.277 e. The van der Waals surface area contributed by atoms with Gasteiger partial charge in [0.15, 0.2) is 5.69 Å². The summed E-state index contributed by atoms with van der Waals surface area (Å²) in [6.07, 6.45) is 7.64. The molecule has 6 atom stereocenters. The quantitative estimate of drug-likeness (QED) is 0.0312. The van der Waals surface area contributed by atoms with Crippen molar-refractivity contribution in [3.63, 3.8) is 0 Å². The summed E-state index contributed by atoms with van der Waals surface area (Å²) in [6, 6.07) is 5.52. The van der Waals surface area contributed by atoms with Gasteiger partial charge in [0.25, 0.3) is 5.91 Å². The molecule has 2 heterocycles. The average Bonchev–Trinajstić information content (AvgIpc) is 3.57. The molecule has 1 aliphatic rings. The Bertz CT molecular complexity index is 2580. The van der Waals surface area contributed by atoms with Gasteiger partial charge in [0.2, 0.25) is 59.1 Å². The Morgan fingerprint density at radius 2 is 1.15 bits per heavy atom. The zero-order valence-corrected chi connectivity index (χ0v) is 54.3. The molecular weight excluding hydrogens is 1100 g/mol. The fraction of sp³-hybridized carbons (Fsp3) is 0.698. The van der Waals surface area contributed by atoms with E-state index < -0.39 is 100.0 Å². The number of aromatic nitrogens is 1. The minimum Gasteiger partial charge on any atom is -0.444 e. The monoisotopic (exact) mass is 1200 g/mol. The largest absolute Gasteiger partial charge is 0.444 e. The number of likely N-dealkylation sites (tertiary alicyclic amines) is 1. The third-order valence-corrected chi connectivity index (χ3v) is 14.7. The van der Waals surface area contributed by atoms with Crippen LogP contribution in [-0.2, 0) is 43.2 Å². The number of oxazole rings is 1. The van der Waals surface area contributed by atoms with Crippen LogP contribution in [0.25, 0.3) is 11.5 Å². The zero-order valence-electron chi connectivity index (χ0n) is 54.3. The normalized spacial score (nSPS) is 15.5. The predicted molar refractivity (Wildman–Crippen MR) is 330 cm³/mol. The molecule has 10 amide bonds. The molecule has 23 nitrogen and oxygen atoms in total. The summed E-state index contributed by atoms with van der Waals surface area (Å²) in [4.78, 5) is 147. The molecule has 0 spiro atoms. The van der Waals surface area contributed by atoms with Crippen LogP contribution in [0.3, 0.4) is 0 Å². The van der Waals surface area contributed by atoms with Gasteiger partial charge in [0, 0.05) is 37.7 Å². The van der Waals surface area contributed by atoms with Crippen LogP contribution in [-0.4, -0.2) is 155 Å². The van der Waals surface area contributed by atoms with Gasteiger partial charge in [-0.05, 0) is 131 Å². The molecule has 0 radical (unpaired) electrons. The zero-order chi connectivity index (χ0) is 64.7. The first-order valence-electron chi connectivity index (χ1n) is 30.9. The molecule has 86 heavy (non-hydrogen) atoms. The van der Waals surface area contributed by atoms with E-state index in [0.717, 1.165) is 32.1 Å². The lowest BCUT2D eigenvalue weighted by atomic mass is 9.95. The number of rotatable bonds is 36. The van der Waals surface area contributed by atoms with Crippen molar-refractivity contribution in [3.05, 3.63) is 42.3 Å². The summed E-state index contributed by atoms with van der Waals surface area (Å²) >= 11 is 0. The second-order valence-electron chi connectivity index (χ2n) is 26.3. The van der Waals surface area contributed by atoms with E-state index in [1.165, 1.54) is 52.7 Å². The molecule has 1 saturated heterocycles. The summed E-state index contributed by atoms with van der Waals surface area (Å²) in [5.74, 6) is -7.30. The molecule has 1 aliphatic heterocycles. The molecular formula is C63H104N12O11. The van der Waals surface area contributed by atoms with Crippen molar-refractivity contribution in [1.29, 1.82) is 0 Å². The Hall–Kier alpha value is -6.91. The van der Waals surface area contributed by atoms with E-state index >= 15 is 0 Å². The van der Waals surface area contributed by atoms with Crippen molar-refractivity contribution in [2.45, 2.75) is 227 Å². The van der Waals surface area contributed by atoms with Gasteiger partial charge in [-0.25, -0.2) is 4.98 Å². The molecule has 482 valence electrons. The second-order valence-corrected chi connectivity index (χ2v) is 26.3. The van der Waals surface area contributed by atoms with Crippen molar-refractivity contribution < 1.29 is 52.4 Å². The van der Waals surface area contributed by atoms with Crippen molar-refractivity contribution in [1.82, 2.24) is 62.6 Å². The lowest BCUT2D eigenvalue weighted by Crippen LogP contribution is -2.65. The lowest BCUT2D eigenvalue weighted by Gasteiger charge is -2.34. The smallest absolute Gasteiger partial charge is 0.277 e. The third-order valence-electron chi connectivity index (χ3n) is 14.7. The van der Waals surface area contributed by atoms with Crippen molar-refractivity contribution in [3.8, 4) is 11.5 Å². The van der Waals surface area contributed by atoms with Gasteiger partial charge in [-0.3, -0.25) is 47.9 Å². The van der Waals surface area contributed by atoms with Gasteiger partial charge in [-0.1, -0.05) is 105 Å². The third kappa shape index (κ3) is 24.5. The van der Waals surface area contributed by atoms with Crippen LogP contribution in [0.4, 0.5) is 0 Å². The molecule has 23 heteroatoms. The summed E-state index contributed by atoms with van der Waals surface area (Å²) in [5, 5.41) is 25.1. The number of carbonyl (C=O) groups is 10. The highest BCUT2D eigenvalue weighted by atomic mass is 16.3. The minimum absolute atomic E-state index is 0.0243. The molecule has 1 aromatic carbocycles. The summed E-state index contributed by atoms with van der Waals surface area (Å²) in [5.41, 5.74) is -3.93. The molecule has 3 rings (SSSR count). The van der Waals surface area contributed by atoms with Gasteiger partial charge < -0.3 is 62.1 Å². The van der Waals surface area contributed by atoms with Gasteiger partial charge in [-0.15, -0.1) is 0 Å². The highest BCUT2D eigenvalue weighted by Gasteiger charge is 2.41. The number of unbranched alkanes of at least 4 members (excludes halogenated alkanes) is 5. The van der Waals surface area contributed by atoms with E-state index in [1.54, 1.807) is 0 Å². The van der Waals surface area contributed by atoms with Gasteiger partial charge in [0.1, 0.15) is 53.1 Å². The average molecular weight is 1210 g/mol. The first kappa shape index (κ1) is 73.3. The molecule has 2 aromatic rings. The highest BCUT2D eigenvalue weighted by molar-refractivity contribution is 6.03. The van der Waals surface area contributed by atoms with E-state index in [2.05, 4.69) is 59.8 Å². The predicted octanol–water partition coefficient (Wildman–Crippen LogP) is 5.24. The fourth-order valence-electron chi connectivity index (χ4n) is 10.0. The summed E-state index contributed by atoms with van der Waals surface area (Å²) in [7, 11) is 3.79. The number of likely N-dealkylation sites (N-methyl/N-ethyl adjacent to an activating group) is 1. The van der Waals surface area contributed by atoms with Gasteiger partial charge in [-0.2, -0.15) is 0 Å². The van der Waals surface area contributed by atoms with Gasteiger partial charge >= 0.3 is 0 Å². The van der Waals surface area contributed by atoms with Crippen LogP contribution in [0.5, 0.6) is 0 Å². The molecule has 0 aliphatic carbocycles. The number of nitrogens with zero attached hydrogens (tertiary/aromatic N) is 3. The number of nitrogens with one attached hydrogen (secondary N) is 9. The van der Waals surface area contributed by atoms with Crippen molar-refractivity contribution in [2.24, 2.45) is 23.7 Å². The molecule has 0 saturated carbocycles. The Morgan fingerprint density at radius 1 is 0.628 bits per heavy atom. The van der Waals surface area contributed by atoms with Gasteiger partial charge in [0.05, 0.1) is 0 Å². The molecule has 9 N–H and O–H groups in total. The number of benzene rings is 1. The molecule has 0 bridgehead atoms. The Kier molecular flexibility index (Phi) is 29.4. The maximum atomic E-state index is 14.4.